The van der Waals surface area contributed by atoms with Gasteiger partial charge in [-0.1, -0.05) is 49.7 Å². The van der Waals surface area contributed by atoms with Crippen molar-refractivity contribution in [3.63, 3.8) is 0 Å². The summed E-state index contributed by atoms with van der Waals surface area (Å²) in [5, 5.41) is -0.0794. The summed E-state index contributed by atoms with van der Waals surface area (Å²) in [5.74, 6) is 2.25. The van der Waals surface area contributed by atoms with Crippen LogP contribution < -0.4 is 15.0 Å². The van der Waals surface area contributed by atoms with E-state index in [1.165, 1.54) is 4.57 Å². The zero-order chi connectivity index (χ0) is 25.1. The molecule has 0 saturated heterocycles. The van der Waals surface area contributed by atoms with E-state index in [2.05, 4.69) is 23.8 Å². The van der Waals surface area contributed by atoms with Crippen LogP contribution in [-0.4, -0.2) is 26.6 Å². The summed E-state index contributed by atoms with van der Waals surface area (Å²) in [4.78, 5) is 26.9. The first-order valence-corrected chi connectivity index (χ1v) is 11.7. The highest BCUT2D eigenvalue weighted by Crippen LogP contribution is 2.26. The molecule has 2 heterocycles. The fourth-order valence-corrected chi connectivity index (χ4v) is 3.90. The minimum absolute atomic E-state index is 0.0794. The number of aromatic nitrogens is 4. The molecule has 0 N–H and O–H groups in total. The van der Waals surface area contributed by atoms with Crippen LogP contribution in [0.4, 0.5) is 0 Å². The lowest BCUT2D eigenvalue weighted by Gasteiger charge is -2.15. The summed E-state index contributed by atoms with van der Waals surface area (Å²) in [6, 6.07) is 15.1. The van der Waals surface area contributed by atoms with Crippen molar-refractivity contribution in [2.24, 2.45) is 0 Å². The van der Waals surface area contributed by atoms with E-state index in [4.69, 9.17) is 26.1 Å². The number of benzene rings is 2. The van der Waals surface area contributed by atoms with E-state index in [1.807, 2.05) is 61.7 Å². The molecule has 0 atom stereocenters. The average molecular weight is 491 g/mol. The van der Waals surface area contributed by atoms with Gasteiger partial charge in [0, 0.05) is 17.7 Å². The SMILES string of the molecule is COc1cccc(COc2nc(C)n(-c3cccc(-c4nc(C(C)C)ncc4C)c3)c(=O)c2Cl)c1. The van der Waals surface area contributed by atoms with E-state index < -0.39 is 5.56 Å². The van der Waals surface area contributed by atoms with Crippen LogP contribution in [0.2, 0.25) is 5.02 Å². The highest BCUT2D eigenvalue weighted by atomic mass is 35.5. The van der Waals surface area contributed by atoms with Crippen molar-refractivity contribution in [2.45, 2.75) is 40.2 Å². The fourth-order valence-electron chi connectivity index (χ4n) is 3.71. The van der Waals surface area contributed by atoms with Gasteiger partial charge in [0.25, 0.3) is 5.56 Å². The van der Waals surface area contributed by atoms with Crippen LogP contribution >= 0.6 is 11.6 Å². The van der Waals surface area contributed by atoms with Crippen molar-refractivity contribution in [2.75, 3.05) is 7.11 Å². The Morgan fingerprint density at radius 1 is 1.06 bits per heavy atom. The Hall–Kier alpha value is -3.71. The topological polar surface area (TPSA) is 79.1 Å². The van der Waals surface area contributed by atoms with Gasteiger partial charge < -0.3 is 9.47 Å². The van der Waals surface area contributed by atoms with Gasteiger partial charge in [0.2, 0.25) is 5.88 Å². The Labute approximate surface area is 209 Å². The molecule has 2 aromatic heterocycles. The summed E-state index contributed by atoms with van der Waals surface area (Å²) < 4.78 is 12.5. The maximum atomic E-state index is 13.2. The summed E-state index contributed by atoms with van der Waals surface area (Å²) in [5.41, 5.74) is 3.77. The molecule has 0 fully saturated rings. The maximum absolute atomic E-state index is 13.2. The number of hydrogen-bond acceptors (Lipinski definition) is 6. The second-order valence-electron chi connectivity index (χ2n) is 8.52. The fraction of sp³-hybridized carbons (Fsp3) is 0.259. The van der Waals surface area contributed by atoms with Crippen molar-refractivity contribution in [1.29, 1.82) is 0 Å². The number of halogens is 1. The van der Waals surface area contributed by atoms with Gasteiger partial charge in [0.05, 0.1) is 18.5 Å². The van der Waals surface area contributed by atoms with Gasteiger partial charge in [-0.05, 0) is 49.2 Å². The summed E-state index contributed by atoms with van der Waals surface area (Å²) in [6.07, 6.45) is 1.83. The molecular weight excluding hydrogens is 464 g/mol. The molecular formula is C27H27ClN4O3. The molecule has 2 aromatic carbocycles. The molecule has 35 heavy (non-hydrogen) atoms. The first kappa shape index (κ1) is 24.4. The van der Waals surface area contributed by atoms with E-state index in [9.17, 15) is 4.79 Å². The van der Waals surface area contributed by atoms with Crippen molar-refractivity contribution >= 4 is 11.6 Å². The third-order valence-electron chi connectivity index (χ3n) is 5.56. The second kappa shape index (κ2) is 10.3. The predicted molar refractivity (Wildman–Crippen MR) is 137 cm³/mol. The summed E-state index contributed by atoms with van der Waals surface area (Å²) in [7, 11) is 1.60. The van der Waals surface area contributed by atoms with Gasteiger partial charge in [-0.15, -0.1) is 0 Å². The van der Waals surface area contributed by atoms with Crippen molar-refractivity contribution < 1.29 is 9.47 Å². The highest BCUT2D eigenvalue weighted by Gasteiger charge is 2.17. The lowest BCUT2D eigenvalue weighted by molar-refractivity contribution is 0.291. The standard InChI is InChI=1S/C27H27ClN4O3/c1-16(2)25-29-14-17(3)24(31-25)20-9-7-10-21(13-20)32-18(4)30-26(23(28)27(32)33)35-15-19-8-6-11-22(12-19)34-5/h6-14,16H,15H2,1-5H3. The summed E-state index contributed by atoms with van der Waals surface area (Å²) >= 11 is 6.42. The van der Waals surface area contributed by atoms with E-state index in [1.54, 1.807) is 14.0 Å². The number of methoxy groups -OCH3 is 1. The first-order valence-electron chi connectivity index (χ1n) is 11.3. The Morgan fingerprint density at radius 3 is 2.57 bits per heavy atom. The Kier molecular flexibility index (Phi) is 7.17. The molecule has 0 aliphatic heterocycles. The first-order chi connectivity index (χ1) is 16.8. The molecule has 0 unspecified atom stereocenters. The molecule has 4 rings (SSSR count). The van der Waals surface area contributed by atoms with E-state index in [0.29, 0.717) is 11.5 Å². The van der Waals surface area contributed by atoms with Gasteiger partial charge in [-0.25, -0.2) is 9.97 Å². The lowest BCUT2D eigenvalue weighted by Crippen LogP contribution is -2.23. The zero-order valence-corrected chi connectivity index (χ0v) is 21.1. The third-order valence-corrected chi connectivity index (χ3v) is 5.88. The quantitative estimate of drug-likeness (QED) is 0.332. The Bertz CT molecular complexity index is 1430. The number of nitrogens with zero attached hydrogens (tertiary/aromatic N) is 4. The largest absolute Gasteiger partial charge is 0.497 e. The Morgan fingerprint density at radius 2 is 1.83 bits per heavy atom. The van der Waals surface area contributed by atoms with Crippen LogP contribution in [0.5, 0.6) is 11.6 Å². The number of rotatable bonds is 7. The van der Waals surface area contributed by atoms with Gasteiger partial charge in [0.15, 0.2) is 5.02 Å². The molecule has 0 bridgehead atoms. The van der Waals surface area contributed by atoms with Gasteiger partial charge in [-0.2, -0.15) is 4.98 Å². The smallest absolute Gasteiger partial charge is 0.280 e. The molecule has 0 radical (unpaired) electrons. The van der Waals surface area contributed by atoms with Crippen LogP contribution in [0.25, 0.3) is 16.9 Å². The molecule has 0 aliphatic carbocycles. The number of hydrogen-bond donors (Lipinski definition) is 0. The normalized spacial score (nSPS) is 11.1. The molecule has 180 valence electrons. The van der Waals surface area contributed by atoms with Crippen molar-refractivity contribution in [1.82, 2.24) is 19.5 Å². The van der Waals surface area contributed by atoms with Gasteiger partial charge >= 0.3 is 0 Å². The van der Waals surface area contributed by atoms with Crippen molar-refractivity contribution in [3.8, 4) is 28.6 Å². The minimum atomic E-state index is -0.403. The van der Waals surface area contributed by atoms with Crippen molar-refractivity contribution in [3.05, 3.63) is 92.9 Å². The van der Waals surface area contributed by atoms with Crippen LogP contribution in [0.1, 0.15) is 42.5 Å². The lowest BCUT2D eigenvalue weighted by atomic mass is 10.1. The van der Waals surface area contributed by atoms with E-state index in [0.717, 1.165) is 34.0 Å². The Balaban J connectivity index is 1.68. The van der Waals surface area contributed by atoms with Gasteiger partial charge in [-0.3, -0.25) is 9.36 Å². The third kappa shape index (κ3) is 5.20. The maximum Gasteiger partial charge on any atom is 0.280 e. The predicted octanol–water partition coefficient (Wildman–Crippen LogP) is 5.67. The molecule has 4 aromatic rings. The minimum Gasteiger partial charge on any atom is -0.497 e. The van der Waals surface area contributed by atoms with Gasteiger partial charge in [0.1, 0.15) is 24.0 Å². The molecule has 8 heteroatoms. The van der Waals surface area contributed by atoms with Crippen LogP contribution in [0.3, 0.4) is 0 Å². The molecule has 0 saturated carbocycles. The van der Waals surface area contributed by atoms with E-state index >= 15 is 0 Å². The molecule has 0 aliphatic rings. The molecule has 0 amide bonds. The summed E-state index contributed by atoms with van der Waals surface area (Å²) in [6.45, 7) is 8.03. The average Bonchev–Trinajstić information content (AvgIpc) is 2.86. The van der Waals surface area contributed by atoms with Crippen LogP contribution in [-0.2, 0) is 6.61 Å². The number of aryl methyl sites for hydroxylation is 2. The van der Waals surface area contributed by atoms with E-state index in [-0.39, 0.29) is 23.4 Å². The monoisotopic (exact) mass is 490 g/mol. The molecule has 7 nitrogen and oxygen atoms in total. The number of ether oxygens (including phenoxy) is 2. The zero-order valence-electron chi connectivity index (χ0n) is 20.4. The van der Waals surface area contributed by atoms with Crippen LogP contribution in [0.15, 0.2) is 59.5 Å². The highest BCUT2D eigenvalue weighted by molar-refractivity contribution is 6.31. The van der Waals surface area contributed by atoms with Crippen LogP contribution in [0, 0.1) is 13.8 Å². The molecule has 0 spiro atoms. The second-order valence-corrected chi connectivity index (χ2v) is 8.90.